The number of rotatable bonds is 6. The number of sulfone groups is 1. The molecule has 3 aromatic rings. The summed E-state index contributed by atoms with van der Waals surface area (Å²) in [4.78, 5) is 26.5. The molecule has 4 rings (SSSR count). The molecule has 0 bridgehead atoms. The predicted molar refractivity (Wildman–Crippen MR) is 118 cm³/mol. The molecule has 160 valence electrons. The second kappa shape index (κ2) is 8.56. The summed E-state index contributed by atoms with van der Waals surface area (Å²) in [5.74, 6) is -1.50. The van der Waals surface area contributed by atoms with Crippen LogP contribution in [0.25, 0.3) is 0 Å². The van der Waals surface area contributed by atoms with Crippen molar-refractivity contribution in [2.75, 3.05) is 22.5 Å². The number of carbonyl (C=O) groups is 2. The maximum Gasteiger partial charge on any atom is 0.241 e. The lowest BCUT2D eigenvalue weighted by atomic mass is 10.1. The highest BCUT2D eigenvalue weighted by Crippen LogP contribution is 2.34. The van der Waals surface area contributed by atoms with Crippen LogP contribution in [0, 0.1) is 6.92 Å². The largest absolute Gasteiger partial charge is 0.312 e. The van der Waals surface area contributed by atoms with Crippen LogP contribution in [0.4, 0.5) is 10.8 Å². The third-order valence-electron chi connectivity index (χ3n) is 4.93. The Labute approximate surface area is 183 Å². The van der Waals surface area contributed by atoms with E-state index in [0.29, 0.717) is 18.0 Å². The van der Waals surface area contributed by atoms with E-state index in [4.69, 9.17) is 0 Å². The number of nitrogens with one attached hydrogen (secondary N) is 1. The summed E-state index contributed by atoms with van der Waals surface area (Å²) in [7, 11) is -3.74. The smallest absolute Gasteiger partial charge is 0.241 e. The van der Waals surface area contributed by atoms with Crippen molar-refractivity contribution in [3.05, 3.63) is 65.2 Å². The van der Waals surface area contributed by atoms with Crippen molar-refractivity contribution < 1.29 is 18.0 Å². The number of benzene rings is 2. The van der Waals surface area contributed by atoms with Crippen molar-refractivity contribution in [3.63, 3.8) is 0 Å². The summed E-state index contributed by atoms with van der Waals surface area (Å²) >= 11 is 1.15. The van der Waals surface area contributed by atoms with E-state index in [-0.39, 0.29) is 21.9 Å². The summed E-state index contributed by atoms with van der Waals surface area (Å²) < 4.78 is 24.7. The Morgan fingerprint density at radius 2 is 1.84 bits per heavy atom. The first-order chi connectivity index (χ1) is 14.8. The Morgan fingerprint density at radius 3 is 2.55 bits per heavy atom. The van der Waals surface area contributed by atoms with E-state index in [1.54, 1.807) is 23.1 Å². The van der Waals surface area contributed by atoms with Crippen LogP contribution in [-0.2, 0) is 19.4 Å². The fourth-order valence-electron chi connectivity index (χ4n) is 3.34. The van der Waals surface area contributed by atoms with Crippen LogP contribution in [0.3, 0.4) is 0 Å². The van der Waals surface area contributed by atoms with E-state index < -0.39 is 21.5 Å². The minimum absolute atomic E-state index is 0.00333. The van der Waals surface area contributed by atoms with Crippen LogP contribution in [0.15, 0.2) is 59.5 Å². The number of amides is 2. The van der Waals surface area contributed by atoms with Crippen LogP contribution in [0.1, 0.15) is 22.9 Å². The molecule has 31 heavy (non-hydrogen) atoms. The first-order valence-corrected chi connectivity index (χ1v) is 12.1. The molecule has 0 unspecified atom stereocenters. The highest BCUT2D eigenvalue weighted by Gasteiger charge is 2.34. The van der Waals surface area contributed by atoms with Gasteiger partial charge in [0.15, 0.2) is 9.84 Å². The van der Waals surface area contributed by atoms with Gasteiger partial charge in [0.25, 0.3) is 0 Å². The molecule has 1 aliphatic heterocycles. The number of carbonyl (C=O) groups excluding carboxylic acids is 2. The lowest BCUT2D eigenvalue weighted by Gasteiger charge is -2.16. The average molecular weight is 457 g/mol. The van der Waals surface area contributed by atoms with Crippen LogP contribution < -0.4 is 10.2 Å². The SMILES string of the molecule is Cc1ccc(N2C[C@H](c3nnc(NC(=O)CS(=O)(=O)c4ccccc4)s3)CC2=O)cc1. The summed E-state index contributed by atoms with van der Waals surface area (Å²) in [6.45, 7) is 2.47. The monoisotopic (exact) mass is 456 g/mol. The summed E-state index contributed by atoms with van der Waals surface area (Å²) in [5.41, 5.74) is 1.95. The summed E-state index contributed by atoms with van der Waals surface area (Å²) in [5, 5.41) is 11.4. The highest BCUT2D eigenvalue weighted by molar-refractivity contribution is 7.92. The van der Waals surface area contributed by atoms with Gasteiger partial charge in [-0.1, -0.05) is 47.2 Å². The Balaban J connectivity index is 1.40. The van der Waals surface area contributed by atoms with Crippen molar-refractivity contribution in [2.24, 2.45) is 0 Å². The molecule has 10 heteroatoms. The van der Waals surface area contributed by atoms with Crippen molar-refractivity contribution in [1.82, 2.24) is 10.2 Å². The van der Waals surface area contributed by atoms with Crippen molar-refractivity contribution in [3.8, 4) is 0 Å². The summed E-state index contributed by atoms with van der Waals surface area (Å²) in [6.07, 6.45) is 0.304. The molecule has 0 radical (unpaired) electrons. The lowest BCUT2D eigenvalue weighted by Crippen LogP contribution is -2.24. The van der Waals surface area contributed by atoms with Crippen molar-refractivity contribution in [2.45, 2.75) is 24.2 Å². The third kappa shape index (κ3) is 4.80. The van der Waals surface area contributed by atoms with Gasteiger partial charge < -0.3 is 4.90 Å². The number of aryl methyl sites for hydroxylation is 1. The topological polar surface area (TPSA) is 109 Å². The van der Waals surface area contributed by atoms with Gasteiger partial charge in [0.1, 0.15) is 10.8 Å². The van der Waals surface area contributed by atoms with Gasteiger partial charge in [0.2, 0.25) is 16.9 Å². The first-order valence-electron chi connectivity index (χ1n) is 9.60. The Bertz CT molecular complexity index is 1210. The molecule has 1 fully saturated rings. The minimum Gasteiger partial charge on any atom is -0.312 e. The zero-order valence-corrected chi connectivity index (χ0v) is 18.3. The number of aromatic nitrogens is 2. The zero-order valence-electron chi connectivity index (χ0n) is 16.7. The van der Waals surface area contributed by atoms with E-state index in [9.17, 15) is 18.0 Å². The molecule has 1 aliphatic rings. The van der Waals surface area contributed by atoms with Gasteiger partial charge in [-0.25, -0.2) is 8.42 Å². The number of hydrogen-bond donors (Lipinski definition) is 1. The number of nitrogens with zero attached hydrogens (tertiary/aromatic N) is 3. The maximum absolute atomic E-state index is 12.5. The van der Waals surface area contributed by atoms with Crippen LogP contribution >= 0.6 is 11.3 Å². The van der Waals surface area contributed by atoms with Gasteiger partial charge in [-0.3, -0.25) is 14.9 Å². The van der Waals surface area contributed by atoms with E-state index in [1.165, 1.54) is 12.1 Å². The molecule has 2 aromatic carbocycles. The highest BCUT2D eigenvalue weighted by atomic mass is 32.2. The van der Waals surface area contributed by atoms with E-state index in [0.717, 1.165) is 22.6 Å². The molecule has 2 amide bonds. The Morgan fingerprint density at radius 1 is 1.13 bits per heavy atom. The van der Waals surface area contributed by atoms with E-state index >= 15 is 0 Å². The third-order valence-corrected chi connectivity index (χ3v) is 7.56. The quantitative estimate of drug-likeness (QED) is 0.611. The molecule has 0 spiro atoms. The van der Waals surface area contributed by atoms with Gasteiger partial charge in [0, 0.05) is 24.6 Å². The molecule has 1 atom stereocenters. The van der Waals surface area contributed by atoms with Crippen LogP contribution in [0.5, 0.6) is 0 Å². The van der Waals surface area contributed by atoms with Gasteiger partial charge in [-0.05, 0) is 31.2 Å². The Hall–Kier alpha value is -3.11. The number of hydrogen-bond acceptors (Lipinski definition) is 7. The van der Waals surface area contributed by atoms with Gasteiger partial charge in [-0.15, -0.1) is 10.2 Å². The van der Waals surface area contributed by atoms with Crippen molar-refractivity contribution in [1.29, 1.82) is 0 Å². The van der Waals surface area contributed by atoms with E-state index in [2.05, 4.69) is 15.5 Å². The minimum atomic E-state index is -3.74. The molecule has 1 aromatic heterocycles. The van der Waals surface area contributed by atoms with Gasteiger partial charge in [0.05, 0.1) is 4.90 Å². The average Bonchev–Trinajstić information content (AvgIpc) is 3.35. The van der Waals surface area contributed by atoms with Gasteiger partial charge >= 0.3 is 0 Å². The van der Waals surface area contributed by atoms with E-state index in [1.807, 2.05) is 31.2 Å². The zero-order chi connectivity index (χ0) is 22.0. The molecular formula is C21H20N4O4S2. The maximum atomic E-state index is 12.5. The molecule has 0 aliphatic carbocycles. The van der Waals surface area contributed by atoms with Crippen molar-refractivity contribution >= 4 is 43.8 Å². The van der Waals surface area contributed by atoms with Crippen LogP contribution in [-0.4, -0.2) is 42.7 Å². The molecule has 2 heterocycles. The molecule has 1 N–H and O–H groups in total. The lowest BCUT2D eigenvalue weighted by molar-refractivity contribution is -0.117. The second-order valence-corrected chi connectivity index (χ2v) is 10.3. The normalized spacial score (nSPS) is 16.5. The Kier molecular flexibility index (Phi) is 5.84. The van der Waals surface area contributed by atoms with Gasteiger partial charge in [-0.2, -0.15) is 0 Å². The molecular weight excluding hydrogens is 436 g/mol. The molecule has 8 nitrogen and oxygen atoms in total. The number of anilines is 2. The molecule has 1 saturated heterocycles. The first kappa shape index (κ1) is 21.1. The molecule has 0 saturated carbocycles. The summed E-state index contributed by atoms with van der Waals surface area (Å²) in [6, 6.07) is 15.5. The fourth-order valence-corrected chi connectivity index (χ4v) is 5.34. The second-order valence-electron chi connectivity index (χ2n) is 7.31. The standard InChI is InChI=1S/C21H20N4O4S2/c1-14-7-9-16(10-8-14)25-12-15(11-19(25)27)20-23-24-21(30-20)22-18(26)13-31(28,29)17-5-3-2-4-6-17/h2-10,15H,11-13H2,1H3,(H,22,24,26)/t15-/m1/s1. The van der Waals surface area contributed by atoms with Crippen LogP contribution in [0.2, 0.25) is 0 Å². The fraction of sp³-hybridized carbons (Fsp3) is 0.238. The predicted octanol–water partition coefficient (Wildman–Crippen LogP) is 2.78.